The highest BCUT2D eigenvalue weighted by molar-refractivity contribution is 6.02. The highest BCUT2D eigenvalue weighted by atomic mass is 16.7. The normalized spacial score (nSPS) is 13.5. The van der Waals surface area contributed by atoms with Crippen molar-refractivity contribution < 1.29 is 29.0 Å². The molecule has 8 nitrogen and oxygen atoms in total. The molecule has 2 amide bonds. The number of fused-ring (bicyclic) bond motifs is 1. The van der Waals surface area contributed by atoms with Crippen molar-refractivity contribution in [3.05, 3.63) is 65.4 Å². The molecule has 144 valence electrons. The molecule has 0 bridgehead atoms. The molecular weight excluding hydrogens is 364 g/mol. The summed E-state index contributed by atoms with van der Waals surface area (Å²) in [4.78, 5) is 35.8. The van der Waals surface area contributed by atoms with Gasteiger partial charge < -0.3 is 25.2 Å². The van der Waals surface area contributed by atoms with Crippen molar-refractivity contribution in [2.45, 2.75) is 13.0 Å². The van der Waals surface area contributed by atoms with Gasteiger partial charge in [-0.15, -0.1) is 0 Å². The van der Waals surface area contributed by atoms with E-state index in [1.54, 1.807) is 48.5 Å². The zero-order valence-electron chi connectivity index (χ0n) is 15.0. The lowest BCUT2D eigenvalue weighted by molar-refractivity contribution is -0.141. The summed E-state index contributed by atoms with van der Waals surface area (Å²) in [7, 11) is 0. The van der Waals surface area contributed by atoms with Crippen LogP contribution < -0.4 is 20.1 Å². The highest BCUT2D eigenvalue weighted by Gasteiger charge is 2.24. The van der Waals surface area contributed by atoms with Gasteiger partial charge in [-0.05, 0) is 29.3 Å². The van der Waals surface area contributed by atoms with Crippen molar-refractivity contribution >= 4 is 23.9 Å². The van der Waals surface area contributed by atoms with E-state index in [9.17, 15) is 19.5 Å². The standard InChI is InChI=1S/C20H18N2O6/c1-12(23)21-15(9-13-7-8-16-17(10-13)28-11-27-16)19(24)22-18(20(25)26)14-5-3-2-4-6-14/h2-10,18H,11H2,1H3,(H,21,23)(H,22,24)(H,25,26)/b15-9-/t18-/m0/s1. The van der Waals surface area contributed by atoms with E-state index in [1.807, 2.05) is 0 Å². The topological polar surface area (TPSA) is 114 Å². The molecule has 3 rings (SSSR count). The minimum atomic E-state index is -1.26. The van der Waals surface area contributed by atoms with Gasteiger partial charge in [0.2, 0.25) is 12.7 Å². The van der Waals surface area contributed by atoms with Crippen molar-refractivity contribution in [1.82, 2.24) is 10.6 Å². The van der Waals surface area contributed by atoms with E-state index >= 15 is 0 Å². The molecule has 0 spiro atoms. The third kappa shape index (κ3) is 4.47. The molecule has 0 radical (unpaired) electrons. The van der Waals surface area contributed by atoms with Gasteiger partial charge in [0.1, 0.15) is 5.70 Å². The zero-order chi connectivity index (χ0) is 20.1. The first-order valence-corrected chi connectivity index (χ1v) is 8.41. The second-order valence-corrected chi connectivity index (χ2v) is 6.01. The van der Waals surface area contributed by atoms with Gasteiger partial charge in [-0.1, -0.05) is 36.4 Å². The maximum atomic E-state index is 12.7. The number of amides is 2. The Kier molecular flexibility index (Phi) is 5.59. The molecule has 0 aromatic heterocycles. The first-order valence-electron chi connectivity index (χ1n) is 8.41. The van der Waals surface area contributed by atoms with E-state index in [0.717, 1.165) is 0 Å². The second kappa shape index (κ2) is 8.26. The van der Waals surface area contributed by atoms with E-state index in [-0.39, 0.29) is 12.5 Å². The van der Waals surface area contributed by atoms with Crippen LogP contribution in [0.3, 0.4) is 0 Å². The van der Waals surface area contributed by atoms with Crippen LogP contribution in [0.4, 0.5) is 0 Å². The number of carbonyl (C=O) groups is 3. The van der Waals surface area contributed by atoms with Crippen LogP contribution in [-0.4, -0.2) is 29.7 Å². The maximum absolute atomic E-state index is 12.7. The van der Waals surface area contributed by atoms with Gasteiger partial charge >= 0.3 is 5.97 Å². The number of hydrogen-bond donors (Lipinski definition) is 3. The van der Waals surface area contributed by atoms with E-state index < -0.39 is 23.8 Å². The number of benzene rings is 2. The summed E-state index contributed by atoms with van der Waals surface area (Å²) in [6.45, 7) is 1.37. The second-order valence-electron chi connectivity index (χ2n) is 6.01. The van der Waals surface area contributed by atoms with Crippen molar-refractivity contribution in [1.29, 1.82) is 0 Å². The Morgan fingerprint density at radius 2 is 1.79 bits per heavy atom. The summed E-state index contributed by atoms with van der Waals surface area (Å²) in [5, 5.41) is 14.4. The number of carboxylic acids is 1. The molecular formula is C20H18N2O6. The number of carboxylic acid groups (broad SMARTS) is 1. The summed E-state index contributed by atoms with van der Waals surface area (Å²) in [5.74, 6) is -1.32. The summed E-state index contributed by atoms with van der Waals surface area (Å²) < 4.78 is 10.5. The third-order valence-corrected chi connectivity index (χ3v) is 3.92. The van der Waals surface area contributed by atoms with Crippen molar-refractivity contribution in [3.63, 3.8) is 0 Å². The molecule has 0 saturated heterocycles. The Labute approximate surface area is 160 Å². The van der Waals surface area contributed by atoms with E-state index in [1.165, 1.54) is 13.0 Å². The number of rotatable bonds is 6. The number of aliphatic carboxylic acids is 1. The van der Waals surface area contributed by atoms with E-state index in [2.05, 4.69) is 10.6 Å². The van der Waals surface area contributed by atoms with Crippen LogP contribution in [-0.2, 0) is 14.4 Å². The van der Waals surface area contributed by atoms with Crippen LogP contribution in [0.25, 0.3) is 6.08 Å². The minimum absolute atomic E-state index is 0.0893. The van der Waals surface area contributed by atoms with Gasteiger partial charge in [-0.3, -0.25) is 9.59 Å². The first kappa shape index (κ1) is 19.0. The van der Waals surface area contributed by atoms with Gasteiger partial charge in [0, 0.05) is 6.92 Å². The number of hydrogen-bond acceptors (Lipinski definition) is 5. The Bertz CT molecular complexity index is 939. The highest BCUT2D eigenvalue weighted by Crippen LogP contribution is 2.33. The van der Waals surface area contributed by atoms with E-state index in [4.69, 9.17) is 9.47 Å². The molecule has 2 aromatic rings. The molecule has 0 unspecified atom stereocenters. The van der Waals surface area contributed by atoms with Crippen LogP contribution in [0.15, 0.2) is 54.2 Å². The molecule has 8 heteroatoms. The molecule has 1 atom stereocenters. The van der Waals surface area contributed by atoms with Gasteiger partial charge in [0.15, 0.2) is 17.5 Å². The van der Waals surface area contributed by atoms with Crippen molar-refractivity contribution in [2.24, 2.45) is 0 Å². The van der Waals surface area contributed by atoms with Crippen LogP contribution >= 0.6 is 0 Å². The molecule has 1 aliphatic heterocycles. The lowest BCUT2D eigenvalue weighted by atomic mass is 10.1. The number of nitrogens with one attached hydrogen (secondary N) is 2. The fourth-order valence-corrected chi connectivity index (χ4v) is 2.66. The molecule has 28 heavy (non-hydrogen) atoms. The predicted octanol–water partition coefficient (Wildman–Crippen LogP) is 1.83. The van der Waals surface area contributed by atoms with Crippen LogP contribution in [0.5, 0.6) is 11.5 Å². The Hall–Kier alpha value is -3.81. The lowest BCUT2D eigenvalue weighted by Crippen LogP contribution is -2.39. The summed E-state index contributed by atoms with van der Waals surface area (Å²) in [5.41, 5.74) is 0.900. The quantitative estimate of drug-likeness (QED) is 0.657. The molecule has 0 saturated carbocycles. The molecule has 3 N–H and O–H groups in total. The van der Waals surface area contributed by atoms with Crippen molar-refractivity contribution in [3.8, 4) is 11.5 Å². The zero-order valence-corrected chi connectivity index (χ0v) is 15.0. The average molecular weight is 382 g/mol. The monoisotopic (exact) mass is 382 g/mol. The molecule has 0 aliphatic carbocycles. The smallest absolute Gasteiger partial charge is 0.330 e. The van der Waals surface area contributed by atoms with Gasteiger partial charge in [0.05, 0.1) is 0 Å². The predicted molar refractivity (Wildman–Crippen MR) is 99.3 cm³/mol. The molecule has 1 heterocycles. The van der Waals surface area contributed by atoms with Crippen molar-refractivity contribution in [2.75, 3.05) is 6.79 Å². The number of carbonyl (C=O) groups excluding carboxylic acids is 2. The van der Waals surface area contributed by atoms with Gasteiger partial charge in [-0.2, -0.15) is 0 Å². The lowest BCUT2D eigenvalue weighted by Gasteiger charge is -2.16. The fourth-order valence-electron chi connectivity index (χ4n) is 2.66. The summed E-state index contributed by atoms with van der Waals surface area (Å²) in [6.07, 6.45) is 1.43. The Morgan fingerprint density at radius 3 is 2.46 bits per heavy atom. The molecule has 2 aromatic carbocycles. The summed E-state index contributed by atoms with van der Waals surface area (Å²) >= 11 is 0. The first-order chi connectivity index (χ1) is 13.4. The maximum Gasteiger partial charge on any atom is 0.330 e. The fraction of sp³-hybridized carbons (Fsp3) is 0.150. The van der Waals surface area contributed by atoms with Crippen LogP contribution in [0, 0.1) is 0 Å². The van der Waals surface area contributed by atoms with Gasteiger partial charge in [-0.25, -0.2) is 4.79 Å². The number of ether oxygens (including phenoxy) is 2. The SMILES string of the molecule is CC(=O)N/C(=C\c1ccc2c(c1)OCO2)C(=O)N[C@H](C(=O)O)c1ccccc1. The largest absolute Gasteiger partial charge is 0.479 e. The average Bonchev–Trinajstić information content (AvgIpc) is 3.13. The summed E-state index contributed by atoms with van der Waals surface area (Å²) in [6, 6.07) is 12.1. The van der Waals surface area contributed by atoms with Crippen LogP contribution in [0.1, 0.15) is 24.1 Å². The Balaban J connectivity index is 1.87. The third-order valence-electron chi connectivity index (χ3n) is 3.92. The Morgan fingerprint density at radius 1 is 1.07 bits per heavy atom. The molecule has 1 aliphatic rings. The van der Waals surface area contributed by atoms with E-state index in [0.29, 0.717) is 22.6 Å². The van der Waals surface area contributed by atoms with Gasteiger partial charge in [0.25, 0.3) is 5.91 Å². The minimum Gasteiger partial charge on any atom is -0.479 e. The van der Waals surface area contributed by atoms with Crippen LogP contribution in [0.2, 0.25) is 0 Å². The molecule has 0 fully saturated rings.